The molecule has 0 aromatic rings. The number of amides is 1. The molecule has 1 amide bonds. The average Bonchev–Trinajstić information content (AvgIpc) is 2.45. The van der Waals surface area contributed by atoms with Crippen molar-refractivity contribution in [2.24, 2.45) is 17.8 Å². The average molecular weight is 292 g/mol. The third-order valence-electron chi connectivity index (χ3n) is 4.49. The minimum Gasteiger partial charge on any atom is -0.356 e. The molecule has 1 aliphatic carbocycles. The Bertz CT molecular complexity index is 327. The first-order valence-electron chi connectivity index (χ1n) is 7.53. The third kappa shape index (κ3) is 4.11. The van der Waals surface area contributed by atoms with Crippen molar-refractivity contribution < 1.29 is 18.0 Å². The van der Waals surface area contributed by atoms with Gasteiger partial charge in [0.1, 0.15) is 0 Å². The minimum atomic E-state index is -4.26. The van der Waals surface area contributed by atoms with Gasteiger partial charge in [-0.1, -0.05) is 12.8 Å². The largest absolute Gasteiger partial charge is 0.392 e. The van der Waals surface area contributed by atoms with Gasteiger partial charge >= 0.3 is 6.18 Å². The van der Waals surface area contributed by atoms with Crippen LogP contribution in [0.5, 0.6) is 0 Å². The van der Waals surface area contributed by atoms with Crippen LogP contribution >= 0.6 is 0 Å². The SMILES string of the molecule is O=C(NCC1CCCNC1)C1CCCCC1C(F)(F)F. The Hall–Kier alpha value is -0.780. The van der Waals surface area contributed by atoms with Crippen LogP contribution in [0.3, 0.4) is 0 Å². The second-order valence-corrected chi connectivity index (χ2v) is 6.00. The fourth-order valence-corrected chi connectivity index (χ4v) is 3.31. The predicted octanol–water partition coefficient (Wildman–Crippen LogP) is 2.47. The maximum absolute atomic E-state index is 13.0. The molecule has 6 heteroatoms. The molecule has 2 fully saturated rings. The molecule has 2 N–H and O–H groups in total. The molecule has 3 atom stereocenters. The lowest BCUT2D eigenvalue weighted by molar-refractivity contribution is -0.198. The lowest BCUT2D eigenvalue weighted by Crippen LogP contribution is -2.45. The molecule has 1 heterocycles. The molecular weight excluding hydrogens is 269 g/mol. The number of nitrogens with one attached hydrogen (secondary N) is 2. The molecule has 1 aliphatic heterocycles. The van der Waals surface area contributed by atoms with Gasteiger partial charge in [-0.2, -0.15) is 13.2 Å². The molecule has 2 aliphatic rings. The summed E-state index contributed by atoms with van der Waals surface area (Å²) < 4.78 is 38.9. The number of piperidine rings is 1. The van der Waals surface area contributed by atoms with Crippen LogP contribution in [0.25, 0.3) is 0 Å². The van der Waals surface area contributed by atoms with Crippen molar-refractivity contribution in [1.82, 2.24) is 10.6 Å². The van der Waals surface area contributed by atoms with Crippen molar-refractivity contribution in [2.45, 2.75) is 44.7 Å². The number of hydrogen-bond donors (Lipinski definition) is 2. The third-order valence-corrected chi connectivity index (χ3v) is 4.49. The zero-order chi connectivity index (χ0) is 14.6. The van der Waals surface area contributed by atoms with E-state index >= 15 is 0 Å². The summed E-state index contributed by atoms with van der Waals surface area (Å²) in [7, 11) is 0. The van der Waals surface area contributed by atoms with E-state index in [9.17, 15) is 18.0 Å². The van der Waals surface area contributed by atoms with Crippen molar-refractivity contribution in [1.29, 1.82) is 0 Å². The van der Waals surface area contributed by atoms with E-state index in [1.165, 1.54) is 0 Å². The second kappa shape index (κ2) is 6.78. The molecule has 0 spiro atoms. The van der Waals surface area contributed by atoms with Crippen molar-refractivity contribution in [2.75, 3.05) is 19.6 Å². The van der Waals surface area contributed by atoms with Gasteiger partial charge in [-0.25, -0.2) is 0 Å². The van der Waals surface area contributed by atoms with Crippen molar-refractivity contribution in [3.8, 4) is 0 Å². The van der Waals surface area contributed by atoms with E-state index in [1.807, 2.05) is 0 Å². The van der Waals surface area contributed by atoms with Crippen LogP contribution in [0.2, 0.25) is 0 Å². The fourth-order valence-electron chi connectivity index (χ4n) is 3.31. The Morgan fingerprint density at radius 2 is 1.90 bits per heavy atom. The minimum absolute atomic E-state index is 0.0899. The van der Waals surface area contributed by atoms with Crippen LogP contribution in [0.15, 0.2) is 0 Å². The van der Waals surface area contributed by atoms with Crippen molar-refractivity contribution in [3.63, 3.8) is 0 Å². The number of carbonyl (C=O) groups is 1. The zero-order valence-corrected chi connectivity index (χ0v) is 11.6. The van der Waals surface area contributed by atoms with E-state index in [4.69, 9.17) is 0 Å². The molecule has 20 heavy (non-hydrogen) atoms. The number of hydrogen-bond acceptors (Lipinski definition) is 2. The standard InChI is InChI=1S/C14H23F3N2O/c15-14(16,17)12-6-2-1-5-11(12)13(20)19-9-10-4-3-7-18-8-10/h10-12,18H,1-9H2,(H,19,20). The maximum Gasteiger partial charge on any atom is 0.392 e. The predicted molar refractivity (Wildman–Crippen MR) is 70.1 cm³/mol. The highest BCUT2D eigenvalue weighted by Gasteiger charge is 2.47. The molecule has 1 saturated carbocycles. The Kier molecular flexibility index (Phi) is 5.29. The number of halogens is 3. The number of carbonyl (C=O) groups excluding carboxylic acids is 1. The molecule has 1 saturated heterocycles. The van der Waals surface area contributed by atoms with Gasteiger partial charge in [0.2, 0.25) is 5.91 Å². The van der Waals surface area contributed by atoms with Gasteiger partial charge < -0.3 is 10.6 Å². The molecule has 0 aromatic carbocycles. The Morgan fingerprint density at radius 1 is 1.15 bits per heavy atom. The summed E-state index contributed by atoms with van der Waals surface area (Å²) in [6.07, 6.45) is -0.424. The highest BCUT2D eigenvalue weighted by Crippen LogP contribution is 2.41. The smallest absolute Gasteiger partial charge is 0.356 e. The van der Waals surface area contributed by atoms with E-state index in [0.717, 1.165) is 32.4 Å². The summed E-state index contributed by atoms with van der Waals surface area (Å²) in [4.78, 5) is 12.1. The van der Waals surface area contributed by atoms with Crippen LogP contribution in [0.1, 0.15) is 38.5 Å². The lowest BCUT2D eigenvalue weighted by Gasteiger charge is -2.32. The van der Waals surface area contributed by atoms with E-state index in [2.05, 4.69) is 10.6 Å². The quantitative estimate of drug-likeness (QED) is 0.839. The topological polar surface area (TPSA) is 41.1 Å². The zero-order valence-electron chi connectivity index (χ0n) is 11.6. The van der Waals surface area contributed by atoms with Gasteiger partial charge in [-0.15, -0.1) is 0 Å². The van der Waals surface area contributed by atoms with Crippen LogP contribution in [-0.2, 0) is 4.79 Å². The van der Waals surface area contributed by atoms with Gasteiger partial charge in [0.25, 0.3) is 0 Å². The van der Waals surface area contributed by atoms with E-state index in [1.54, 1.807) is 0 Å². The summed E-state index contributed by atoms with van der Waals surface area (Å²) in [5.41, 5.74) is 0. The second-order valence-electron chi connectivity index (χ2n) is 6.00. The fraction of sp³-hybridized carbons (Fsp3) is 0.929. The Labute approximate surface area is 117 Å². The van der Waals surface area contributed by atoms with Gasteiger partial charge in [-0.3, -0.25) is 4.79 Å². The van der Waals surface area contributed by atoms with Crippen molar-refractivity contribution in [3.05, 3.63) is 0 Å². The lowest BCUT2D eigenvalue weighted by atomic mass is 9.78. The summed E-state index contributed by atoms with van der Waals surface area (Å²) in [5, 5.41) is 5.99. The number of rotatable bonds is 3. The first-order valence-corrected chi connectivity index (χ1v) is 7.53. The molecule has 0 bridgehead atoms. The molecular formula is C14H23F3N2O. The normalized spacial score (nSPS) is 31.9. The van der Waals surface area contributed by atoms with E-state index in [-0.39, 0.29) is 6.42 Å². The summed E-state index contributed by atoms with van der Waals surface area (Å²) in [6.45, 7) is 2.32. The van der Waals surface area contributed by atoms with Gasteiger partial charge in [0.05, 0.1) is 5.92 Å². The molecule has 3 nitrogen and oxygen atoms in total. The Morgan fingerprint density at radius 3 is 2.55 bits per heavy atom. The van der Waals surface area contributed by atoms with Crippen molar-refractivity contribution >= 4 is 5.91 Å². The summed E-state index contributed by atoms with van der Waals surface area (Å²) in [6, 6.07) is 0. The highest BCUT2D eigenvalue weighted by atomic mass is 19.4. The van der Waals surface area contributed by atoms with E-state index < -0.39 is 23.9 Å². The number of alkyl halides is 3. The van der Waals surface area contributed by atoms with E-state index in [0.29, 0.717) is 25.3 Å². The van der Waals surface area contributed by atoms with Crippen LogP contribution in [0.4, 0.5) is 13.2 Å². The van der Waals surface area contributed by atoms with Crippen LogP contribution < -0.4 is 10.6 Å². The van der Waals surface area contributed by atoms with Crippen LogP contribution in [-0.4, -0.2) is 31.7 Å². The maximum atomic E-state index is 13.0. The molecule has 3 unspecified atom stereocenters. The van der Waals surface area contributed by atoms with Gasteiger partial charge in [-0.05, 0) is 44.7 Å². The van der Waals surface area contributed by atoms with Gasteiger partial charge in [0, 0.05) is 12.5 Å². The summed E-state index contributed by atoms with van der Waals surface area (Å²) in [5.74, 6) is -2.40. The van der Waals surface area contributed by atoms with Gasteiger partial charge in [0.15, 0.2) is 0 Å². The highest BCUT2D eigenvalue weighted by molar-refractivity contribution is 5.79. The van der Waals surface area contributed by atoms with Crippen LogP contribution in [0, 0.1) is 17.8 Å². The first kappa shape index (κ1) is 15.6. The molecule has 0 radical (unpaired) electrons. The molecule has 2 rings (SSSR count). The first-order chi connectivity index (χ1) is 9.48. The molecule has 0 aromatic heterocycles. The summed E-state index contributed by atoms with van der Waals surface area (Å²) >= 11 is 0. The Balaban J connectivity index is 1.85. The molecule has 116 valence electrons. The monoisotopic (exact) mass is 292 g/mol.